The van der Waals surface area contributed by atoms with Crippen LogP contribution in [0.5, 0.6) is 0 Å². The van der Waals surface area contributed by atoms with Gasteiger partial charge in [0, 0.05) is 18.3 Å². The molecule has 2 amide bonds. The van der Waals surface area contributed by atoms with Gasteiger partial charge in [-0.25, -0.2) is 9.18 Å². The van der Waals surface area contributed by atoms with E-state index in [0.29, 0.717) is 23.1 Å². The van der Waals surface area contributed by atoms with E-state index in [1.54, 1.807) is 13.0 Å². The predicted octanol–water partition coefficient (Wildman–Crippen LogP) is 2.92. The lowest BCUT2D eigenvalue weighted by Gasteiger charge is -2.23. The van der Waals surface area contributed by atoms with Crippen molar-refractivity contribution >= 4 is 33.6 Å². The fourth-order valence-electron chi connectivity index (χ4n) is 2.33. The highest BCUT2D eigenvalue weighted by atomic mass is 79.9. The summed E-state index contributed by atoms with van der Waals surface area (Å²) in [5.41, 5.74) is 0.335. The second-order valence-electron chi connectivity index (χ2n) is 4.73. The number of amides is 2. The van der Waals surface area contributed by atoms with E-state index in [1.807, 2.05) is 0 Å². The topological polar surface area (TPSA) is 69.6 Å². The Balaban J connectivity index is 2.05. The van der Waals surface area contributed by atoms with Gasteiger partial charge in [0.2, 0.25) is 0 Å². The number of carbonyl (C=O) groups excluding carboxylic acids is 1. The molecule has 0 bridgehead atoms. The molecule has 0 aromatic heterocycles. The summed E-state index contributed by atoms with van der Waals surface area (Å²) in [5.74, 6) is -1.93. The summed E-state index contributed by atoms with van der Waals surface area (Å²) in [6, 6.07) is 3.48. The quantitative estimate of drug-likeness (QED) is 0.866. The van der Waals surface area contributed by atoms with Gasteiger partial charge in [-0.3, -0.25) is 4.79 Å². The largest absolute Gasteiger partial charge is 0.481 e. The third-order valence-corrected chi connectivity index (χ3v) is 4.15. The van der Waals surface area contributed by atoms with Crippen molar-refractivity contribution in [2.24, 2.45) is 5.92 Å². The number of carbonyl (C=O) groups is 2. The van der Waals surface area contributed by atoms with Crippen LogP contribution >= 0.6 is 15.9 Å². The lowest BCUT2D eigenvalue weighted by atomic mass is 10.0. The average Bonchev–Trinajstić information content (AvgIpc) is 2.76. The van der Waals surface area contributed by atoms with Crippen LogP contribution in [-0.4, -0.2) is 34.6 Å². The van der Waals surface area contributed by atoms with E-state index in [2.05, 4.69) is 21.2 Å². The van der Waals surface area contributed by atoms with Crippen LogP contribution in [0.2, 0.25) is 0 Å². The van der Waals surface area contributed by atoms with Crippen molar-refractivity contribution in [2.45, 2.75) is 19.4 Å². The summed E-state index contributed by atoms with van der Waals surface area (Å²) in [6.45, 7) is 2.08. The van der Waals surface area contributed by atoms with Gasteiger partial charge in [0.25, 0.3) is 0 Å². The summed E-state index contributed by atoms with van der Waals surface area (Å²) in [7, 11) is 0. The molecular formula is C13H14BrFN2O3. The number of nitrogens with one attached hydrogen (secondary N) is 1. The molecule has 1 aliphatic heterocycles. The van der Waals surface area contributed by atoms with Crippen molar-refractivity contribution in [1.29, 1.82) is 0 Å². The summed E-state index contributed by atoms with van der Waals surface area (Å²) in [4.78, 5) is 24.5. The molecule has 1 aliphatic rings. The Morgan fingerprint density at radius 1 is 1.50 bits per heavy atom. The molecule has 1 fully saturated rings. The molecule has 1 saturated heterocycles. The molecular weight excluding hydrogens is 331 g/mol. The Morgan fingerprint density at radius 2 is 2.20 bits per heavy atom. The van der Waals surface area contributed by atoms with E-state index in [4.69, 9.17) is 5.11 Å². The van der Waals surface area contributed by atoms with Gasteiger partial charge in [-0.2, -0.15) is 0 Å². The Morgan fingerprint density at radius 3 is 2.75 bits per heavy atom. The average molecular weight is 345 g/mol. The molecule has 0 saturated carbocycles. The maximum Gasteiger partial charge on any atom is 0.322 e. The van der Waals surface area contributed by atoms with Crippen molar-refractivity contribution in [2.75, 3.05) is 11.9 Å². The summed E-state index contributed by atoms with van der Waals surface area (Å²) >= 11 is 3.03. The number of hydrogen-bond acceptors (Lipinski definition) is 2. The van der Waals surface area contributed by atoms with E-state index in [1.165, 1.54) is 17.0 Å². The molecule has 20 heavy (non-hydrogen) atoms. The van der Waals surface area contributed by atoms with Crippen LogP contribution in [-0.2, 0) is 4.79 Å². The molecule has 2 N–H and O–H groups in total. The number of carboxylic acids is 1. The number of anilines is 1. The highest BCUT2D eigenvalue weighted by molar-refractivity contribution is 9.10. The van der Waals surface area contributed by atoms with Crippen molar-refractivity contribution < 1.29 is 19.1 Å². The summed E-state index contributed by atoms with van der Waals surface area (Å²) < 4.78 is 13.7. The lowest BCUT2D eigenvalue weighted by molar-refractivity contribution is -0.142. The van der Waals surface area contributed by atoms with Crippen molar-refractivity contribution in [3.05, 3.63) is 28.5 Å². The fourth-order valence-corrected chi connectivity index (χ4v) is 2.57. The van der Waals surface area contributed by atoms with Crippen LogP contribution in [0, 0.1) is 11.7 Å². The Bertz CT molecular complexity index is 552. The minimum absolute atomic E-state index is 0.316. The number of carboxylic acid groups (broad SMARTS) is 1. The molecule has 0 radical (unpaired) electrons. The maximum atomic E-state index is 13.4. The van der Waals surface area contributed by atoms with Gasteiger partial charge in [-0.05, 0) is 47.5 Å². The second-order valence-corrected chi connectivity index (χ2v) is 5.58. The lowest BCUT2D eigenvalue weighted by Crippen LogP contribution is -2.40. The van der Waals surface area contributed by atoms with E-state index in [-0.39, 0.29) is 6.04 Å². The fraction of sp³-hybridized carbons (Fsp3) is 0.385. The van der Waals surface area contributed by atoms with E-state index in [9.17, 15) is 14.0 Å². The molecule has 108 valence electrons. The highest BCUT2D eigenvalue weighted by Gasteiger charge is 2.38. The monoisotopic (exact) mass is 344 g/mol. The summed E-state index contributed by atoms with van der Waals surface area (Å²) in [6.07, 6.45) is 0.429. The third-order valence-electron chi connectivity index (χ3n) is 3.50. The first-order valence-electron chi connectivity index (χ1n) is 6.15. The normalized spacial score (nSPS) is 21.9. The van der Waals surface area contributed by atoms with Gasteiger partial charge in [-0.15, -0.1) is 0 Å². The molecule has 2 atom stereocenters. The molecule has 2 unspecified atom stereocenters. The molecule has 1 aromatic rings. The zero-order chi connectivity index (χ0) is 14.9. The zero-order valence-electron chi connectivity index (χ0n) is 10.8. The van der Waals surface area contributed by atoms with Gasteiger partial charge in [0.1, 0.15) is 5.82 Å². The second kappa shape index (κ2) is 5.78. The number of aliphatic carboxylic acids is 1. The van der Waals surface area contributed by atoms with E-state index in [0.717, 1.165) is 0 Å². The van der Waals surface area contributed by atoms with Gasteiger partial charge in [0.05, 0.1) is 10.4 Å². The standard InChI is InChI=1S/C13H14BrFN2O3/c1-7-9(12(18)19)4-5-17(7)13(20)16-8-2-3-10(14)11(15)6-8/h2-3,6-7,9H,4-5H2,1H3,(H,16,20)(H,18,19). The van der Waals surface area contributed by atoms with Gasteiger partial charge in [0.15, 0.2) is 0 Å². The van der Waals surface area contributed by atoms with Crippen LogP contribution in [0.25, 0.3) is 0 Å². The number of likely N-dealkylation sites (tertiary alicyclic amines) is 1. The number of benzene rings is 1. The summed E-state index contributed by atoms with van der Waals surface area (Å²) in [5, 5.41) is 11.6. The number of urea groups is 1. The molecule has 1 aromatic carbocycles. The van der Waals surface area contributed by atoms with Crippen molar-refractivity contribution in [3.8, 4) is 0 Å². The minimum atomic E-state index is -0.900. The molecule has 1 heterocycles. The van der Waals surface area contributed by atoms with Gasteiger partial charge < -0.3 is 15.3 Å². The molecule has 2 rings (SSSR count). The van der Waals surface area contributed by atoms with Gasteiger partial charge >= 0.3 is 12.0 Å². The maximum absolute atomic E-state index is 13.4. The van der Waals surface area contributed by atoms with Crippen LogP contribution < -0.4 is 5.32 Å². The molecule has 5 nitrogen and oxygen atoms in total. The highest BCUT2D eigenvalue weighted by Crippen LogP contribution is 2.26. The van der Waals surface area contributed by atoms with E-state index >= 15 is 0 Å². The van der Waals surface area contributed by atoms with Crippen molar-refractivity contribution in [3.63, 3.8) is 0 Å². The van der Waals surface area contributed by atoms with Gasteiger partial charge in [-0.1, -0.05) is 0 Å². The first kappa shape index (κ1) is 14.8. The predicted molar refractivity (Wildman–Crippen MR) is 75.0 cm³/mol. The molecule has 7 heteroatoms. The van der Waals surface area contributed by atoms with Crippen LogP contribution in [0.15, 0.2) is 22.7 Å². The number of nitrogens with zero attached hydrogens (tertiary/aromatic N) is 1. The zero-order valence-corrected chi connectivity index (χ0v) is 12.4. The van der Waals surface area contributed by atoms with Crippen LogP contribution in [0.1, 0.15) is 13.3 Å². The van der Waals surface area contributed by atoms with Crippen LogP contribution in [0.3, 0.4) is 0 Å². The third kappa shape index (κ3) is 2.92. The first-order chi connectivity index (χ1) is 9.40. The molecule has 0 aliphatic carbocycles. The smallest absolute Gasteiger partial charge is 0.322 e. The number of rotatable bonds is 2. The van der Waals surface area contributed by atoms with Crippen molar-refractivity contribution in [1.82, 2.24) is 4.90 Å². The Kier molecular flexibility index (Phi) is 4.27. The Hall–Kier alpha value is -1.63. The minimum Gasteiger partial charge on any atom is -0.481 e. The van der Waals surface area contributed by atoms with E-state index < -0.39 is 23.7 Å². The Labute approximate surface area is 123 Å². The number of halogens is 2. The first-order valence-corrected chi connectivity index (χ1v) is 6.95. The molecule has 0 spiro atoms. The SMILES string of the molecule is CC1C(C(=O)O)CCN1C(=O)Nc1ccc(Br)c(F)c1. The van der Waals surface area contributed by atoms with Crippen LogP contribution in [0.4, 0.5) is 14.9 Å². The number of hydrogen-bond donors (Lipinski definition) is 2.